The fourth-order valence-electron chi connectivity index (χ4n) is 1.34. The maximum atomic E-state index is 13.1. The van der Waals surface area contributed by atoms with Crippen LogP contribution in [0.5, 0.6) is 0 Å². The second-order valence-electron chi connectivity index (χ2n) is 3.50. The zero-order valence-electron chi connectivity index (χ0n) is 8.30. The van der Waals surface area contributed by atoms with Gasteiger partial charge in [-0.1, -0.05) is 0 Å². The third kappa shape index (κ3) is 3.23. The van der Waals surface area contributed by atoms with Crippen LogP contribution in [0.25, 0.3) is 0 Å². The number of aliphatic carboxylic acids is 1. The normalized spacial score (nSPS) is 12.5. The number of carbonyl (C=O) groups is 1. The summed E-state index contributed by atoms with van der Waals surface area (Å²) in [6.45, 7) is 0. The number of rotatable bonds is 4. The fraction of sp³-hybridized carbons (Fsp3) is 0.300. The lowest BCUT2D eigenvalue weighted by Crippen LogP contribution is -2.63. The van der Waals surface area contributed by atoms with E-state index < -0.39 is 29.5 Å². The van der Waals surface area contributed by atoms with Gasteiger partial charge in [0.1, 0.15) is 5.82 Å². The highest BCUT2D eigenvalue weighted by molar-refractivity contribution is 5.64. The smallest absolute Gasteiger partial charge is 0.161 e. The van der Waals surface area contributed by atoms with Gasteiger partial charge >= 0.3 is 0 Å². The van der Waals surface area contributed by atoms with E-state index in [-0.39, 0.29) is 18.4 Å². The van der Waals surface area contributed by atoms with Gasteiger partial charge in [-0.15, -0.1) is 0 Å². The Balaban J connectivity index is 2.81. The summed E-state index contributed by atoms with van der Waals surface area (Å²) >= 11 is 0. The Kier molecular flexibility index (Phi) is 3.89. The molecule has 3 nitrogen and oxygen atoms in total. The Morgan fingerprint density at radius 1 is 1.25 bits per heavy atom. The quantitative estimate of drug-likeness (QED) is 0.705. The number of carboxylic acids is 1. The van der Waals surface area contributed by atoms with Crippen LogP contribution in [0.2, 0.25) is 0 Å². The van der Waals surface area contributed by atoms with Gasteiger partial charge in [0.05, 0.1) is 6.04 Å². The van der Waals surface area contributed by atoms with Crippen molar-refractivity contribution in [3.8, 4) is 0 Å². The molecule has 0 heterocycles. The summed E-state index contributed by atoms with van der Waals surface area (Å²) in [4.78, 5) is 10.2. The lowest BCUT2D eigenvalue weighted by molar-refractivity contribution is -0.423. The predicted octanol–water partition coefficient (Wildman–Crippen LogP) is -0.603. The van der Waals surface area contributed by atoms with E-state index in [1.165, 1.54) is 0 Å². The molecule has 0 aliphatic rings. The second-order valence-corrected chi connectivity index (χ2v) is 3.50. The van der Waals surface area contributed by atoms with Crippen LogP contribution in [0, 0.1) is 17.5 Å². The highest BCUT2D eigenvalue weighted by Gasteiger charge is 2.14. The maximum Gasteiger partial charge on any atom is 0.161 e. The number of carbonyl (C=O) groups excluding carboxylic acids is 1. The van der Waals surface area contributed by atoms with E-state index in [0.717, 1.165) is 0 Å². The molecule has 1 rings (SSSR count). The van der Waals surface area contributed by atoms with E-state index in [1.807, 2.05) is 0 Å². The van der Waals surface area contributed by atoms with Crippen LogP contribution < -0.4 is 10.8 Å². The summed E-state index contributed by atoms with van der Waals surface area (Å²) in [6.07, 6.45) is -0.449. The van der Waals surface area contributed by atoms with Crippen molar-refractivity contribution >= 4 is 5.97 Å². The molecule has 0 radical (unpaired) electrons. The van der Waals surface area contributed by atoms with Crippen molar-refractivity contribution < 1.29 is 28.8 Å². The van der Waals surface area contributed by atoms with Gasteiger partial charge < -0.3 is 15.6 Å². The first kappa shape index (κ1) is 12.5. The minimum Gasteiger partial charge on any atom is -0.550 e. The van der Waals surface area contributed by atoms with Crippen molar-refractivity contribution in [2.75, 3.05) is 0 Å². The molecule has 0 bridgehead atoms. The summed E-state index contributed by atoms with van der Waals surface area (Å²) < 4.78 is 38.5. The van der Waals surface area contributed by atoms with Crippen LogP contribution in [-0.4, -0.2) is 12.0 Å². The van der Waals surface area contributed by atoms with Crippen molar-refractivity contribution in [3.05, 3.63) is 35.1 Å². The van der Waals surface area contributed by atoms with Gasteiger partial charge in [-0.05, 0) is 11.6 Å². The first-order valence-electron chi connectivity index (χ1n) is 4.56. The minimum absolute atomic E-state index is 0.0863. The summed E-state index contributed by atoms with van der Waals surface area (Å²) in [6, 6.07) is 0.485. The van der Waals surface area contributed by atoms with Gasteiger partial charge in [-0.2, -0.15) is 0 Å². The molecule has 16 heavy (non-hydrogen) atoms. The van der Waals surface area contributed by atoms with E-state index >= 15 is 0 Å². The Hall–Kier alpha value is -1.56. The molecule has 6 heteroatoms. The second kappa shape index (κ2) is 4.98. The maximum absolute atomic E-state index is 13.1. The Morgan fingerprint density at radius 2 is 1.81 bits per heavy atom. The van der Waals surface area contributed by atoms with Gasteiger partial charge in [0.15, 0.2) is 11.6 Å². The summed E-state index contributed by atoms with van der Waals surface area (Å²) in [7, 11) is 0. The van der Waals surface area contributed by atoms with E-state index in [4.69, 9.17) is 0 Å². The van der Waals surface area contributed by atoms with Gasteiger partial charge in [-0.3, -0.25) is 0 Å². The third-order valence-electron chi connectivity index (χ3n) is 2.05. The van der Waals surface area contributed by atoms with Gasteiger partial charge in [-0.25, -0.2) is 13.2 Å². The molecule has 1 atom stereocenters. The van der Waals surface area contributed by atoms with Crippen molar-refractivity contribution in [1.29, 1.82) is 0 Å². The Labute approximate surface area is 89.7 Å². The molecule has 1 aromatic rings. The van der Waals surface area contributed by atoms with Crippen LogP contribution >= 0.6 is 0 Å². The number of hydrogen-bond donors (Lipinski definition) is 1. The lowest BCUT2D eigenvalue weighted by atomic mass is 10.0. The number of halogens is 3. The summed E-state index contributed by atoms with van der Waals surface area (Å²) in [5, 5.41) is 10.2. The molecule has 0 spiro atoms. The van der Waals surface area contributed by atoms with E-state index in [1.54, 1.807) is 0 Å². The van der Waals surface area contributed by atoms with E-state index in [0.29, 0.717) is 12.1 Å². The average Bonchev–Trinajstić information content (AvgIpc) is 2.12. The standard InChI is InChI=1S/C10H10F3NO2/c11-7-4-9(13)8(12)2-5(7)1-6(14)3-10(15)16/h2,4,6H,1,3,14H2,(H,15,16)/t6-/m0/s1. The van der Waals surface area contributed by atoms with Crippen molar-refractivity contribution in [1.82, 2.24) is 0 Å². The van der Waals surface area contributed by atoms with Crippen molar-refractivity contribution in [2.24, 2.45) is 0 Å². The summed E-state index contributed by atoms with van der Waals surface area (Å²) in [5.74, 6) is -4.67. The molecule has 1 aromatic carbocycles. The van der Waals surface area contributed by atoms with Gasteiger partial charge in [0, 0.05) is 24.9 Å². The predicted molar refractivity (Wildman–Crippen MR) is 46.3 cm³/mol. The molecule has 0 fully saturated rings. The molecule has 0 aliphatic heterocycles. The Morgan fingerprint density at radius 3 is 2.38 bits per heavy atom. The molecular formula is C10H10F3NO2. The largest absolute Gasteiger partial charge is 0.550 e. The molecule has 0 saturated heterocycles. The van der Waals surface area contributed by atoms with Gasteiger partial charge in [0.2, 0.25) is 0 Å². The lowest BCUT2D eigenvalue weighted by Gasteiger charge is -2.10. The zero-order valence-corrected chi connectivity index (χ0v) is 8.30. The molecule has 3 N–H and O–H groups in total. The number of carboxylic acid groups (broad SMARTS) is 1. The van der Waals surface area contributed by atoms with Crippen LogP contribution in [0.15, 0.2) is 12.1 Å². The monoisotopic (exact) mass is 233 g/mol. The average molecular weight is 233 g/mol. The highest BCUT2D eigenvalue weighted by atomic mass is 19.2. The number of quaternary nitrogens is 1. The topological polar surface area (TPSA) is 67.8 Å². The molecule has 0 saturated carbocycles. The molecule has 0 unspecified atom stereocenters. The van der Waals surface area contributed by atoms with Crippen LogP contribution in [0.1, 0.15) is 12.0 Å². The first-order chi connectivity index (χ1) is 7.40. The van der Waals surface area contributed by atoms with Gasteiger partial charge in [0.25, 0.3) is 0 Å². The minimum atomic E-state index is -1.32. The van der Waals surface area contributed by atoms with Crippen LogP contribution in [0.3, 0.4) is 0 Å². The van der Waals surface area contributed by atoms with E-state index in [2.05, 4.69) is 5.73 Å². The molecule has 0 amide bonds. The van der Waals surface area contributed by atoms with E-state index in [9.17, 15) is 23.1 Å². The third-order valence-corrected chi connectivity index (χ3v) is 2.05. The molecular weight excluding hydrogens is 223 g/mol. The zero-order chi connectivity index (χ0) is 12.3. The highest BCUT2D eigenvalue weighted by Crippen LogP contribution is 2.15. The van der Waals surface area contributed by atoms with Crippen LogP contribution in [0.4, 0.5) is 13.2 Å². The molecule has 0 aromatic heterocycles. The Bertz CT molecular complexity index is 409. The van der Waals surface area contributed by atoms with Crippen molar-refractivity contribution in [3.63, 3.8) is 0 Å². The fourth-order valence-corrected chi connectivity index (χ4v) is 1.34. The molecule has 0 aliphatic carbocycles. The SMILES string of the molecule is [NH3+][C@H](CC(=O)[O-])Cc1cc(F)c(F)cc1F. The van der Waals surface area contributed by atoms with Crippen LogP contribution in [-0.2, 0) is 11.2 Å². The molecule has 88 valence electrons. The number of hydrogen-bond acceptors (Lipinski definition) is 2. The van der Waals surface area contributed by atoms with Crippen molar-refractivity contribution in [2.45, 2.75) is 18.9 Å². The first-order valence-corrected chi connectivity index (χ1v) is 4.56. The summed E-state index contributed by atoms with van der Waals surface area (Å²) in [5.41, 5.74) is 3.37. The number of benzene rings is 1.